The lowest BCUT2D eigenvalue weighted by molar-refractivity contribution is -0.159. The maximum Gasteiger partial charge on any atom is 0.233 e. The van der Waals surface area contributed by atoms with Gasteiger partial charge in [0.15, 0.2) is 0 Å². The molecule has 3 fully saturated rings. The zero-order valence-electron chi connectivity index (χ0n) is 11.9. The number of fused-ring (bicyclic) bond motifs is 2. The Morgan fingerprint density at radius 1 is 0.950 bits per heavy atom. The molecule has 2 amide bonds. The molecule has 0 aromatic heterocycles. The summed E-state index contributed by atoms with van der Waals surface area (Å²) >= 11 is 0. The number of carbonyl (C=O) groups excluding carboxylic acids is 2. The third-order valence-electron chi connectivity index (χ3n) is 5.39. The number of nitriles is 1. The average Bonchev–Trinajstić information content (AvgIpc) is 2.86. The number of rotatable bonds is 1. The lowest BCUT2D eigenvalue weighted by Crippen LogP contribution is -2.59. The Labute approximate surface area is 120 Å². The van der Waals surface area contributed by atoms with Crippen LogP contribution in [0.25, 0.3) is 0 Å². The monoisotopic (exact) mass is 274 g/mol. The molecule has 20 heavy (non-hydrogen) atoms. The summed E-state index contributed by atoms with van der Waals surface area (Å²) in [5.41, 5.74) is -0.851. The molecule has 2 unspecified atom stereocenters. The Kier molecular flexibility index (Phi) is 3.54. The van der Waals surface area contributed by atoms with Gasteiger partial charge in [-0.2, -0.15) is 5.26 Å². The highest BCUT2D eigenvalue weighted by atomic mass is 16.2. The van der Waals surface area contributed by atoms with E-state index in [0.717, 1.165) is 44.9 Å². The van der Waals surface area contributed by atoms with Crippen LogP contribution in [0.2, 0.25) is 0 Å². The van der Waals surface area contributed by atoms with Crippen LogP contribution in [0.15, 0.2) is 0 Å². The Balaban J connectivity index is 1.92. The highest BCUT2D eigenvalue weighted by molar-refractivity contribution is 6.02. The number of carbonyl (C=O) groups is 2. The van der Waals surface area contributed by atoms with Crippen molar-refractivity contribution in [3.63, 3.8) is 0 Å². The SMILES string of the molecule is N#CC1(N2C(=O)C3CCC(C3)C2=O)CCCCCCC1. The second-order valence-electron chi connectivity index (χ2n) is 6.63. The largest absolute Gasteiger partial charge is 0.274 e. The van der Waals surface area contributed by atoms with Gasteiger partial charge in [0, 0.05) is 11.8 Å². The van der Waals surface area contributed by atoms with Gasteiger partial charge < -0.3 is 0 Å². The van der Waals surface area contributed by atoms with Gasteiger partial charge in [-0.05, 0) is 32.1 Å². The number of amides is 2. The number of piperidine rings is 1. The second kappa shape index (κ2) is 5.20. The fourth-order valence-electron chi connectivity index (χ4n) is 4.20. The van der Waals surface area contributed by atoms with E-state index in [1.54, 1.807) is 0 Å². The van der Waals surface area contributed by atoms with Crippen molar-refractivity contribution in [3.05, 3.63) is 0 Å². The molecule has 2 atom stereocenters. The summed E-state index contributed by atoms with van der Waals surface area (Å²) in [6.45, 7) is 0. The van der Waals surface area contributed by atoms with Crippen LogP contribution in [-0.2, 0) is 9.59 Å². The summed E-state index contributed by atoms with van der Waals surface area (Å²) < 4.78 is 0. The Bertz CT molecular complexity index is 436. The van der Waals surface area contributed by atoms with E-state index in [1.165, 1.54) is 11.3 Å². The number of likely N-dealkylation sites (tertiary alicyclic amines) is 1. The number of hydrogen-bond donors (Lipinski definition) is 0. The van der Waals surface area contributed by atoms with Crippen LogP contribution >= 0.6 is 0 Å². The zero-order valence-corrected chi connectivity index (χ0v) is 11.9. The van der Waals surface area contributed by atoms with Gasteiger partial charge in [-0.25, -0.2) is 0 Å². The van der Waals surface area contributed by atoms with Crippen LogP contribution in [0.4, 0.5) is 0 Å². The van der Waals surface area contributed by atoms with Crippen LogP contribution in [0, 0.1) is 23.2 Å². The minimum atomic E-state index is -0.851. The van der Waals surface area contributed by atoms with Crippen LogP contribution in [0.3, 0.4) is 0 Å². The van der Waals surface area contributed by atoms with Crippen LogP contribution in [0.1, 0.15) is 64.2 Å². The van der Waals surface area contributed by atoms with Crippen LogP contribution in [-0.4, -0.2) is 22.3 Å². The molecule has 0 spiro atoms. The molecular formula is C16H22N2O2. The molecule has 1 heterocycles. The molecule has 1 saturated heterocycles. The molecular weight excluding hydrogens is 252 g/mol. The quantitative estimate of drug-likeness (QED) is 0.691. The molecule has 3 rings (SSSR count). The van der Waals surface area contributed by atoms with Gasteiger partial charge in [-0.15, -0.1) is 0 Å². The smallest absolute Gasteiger partial charge is 0.233 e. The van der Waals surface area contributed by atoms with Gasteiger partial charge in [0.25, 0.3) is 0 Å². The molecule has 2 aliphatic carbocycles. The number of imide groups is 1. The van der Waals surface area contributed by atoms with Gasteiger partial charge in [-0.3, -0.25) is 14.5 Å². The van der Waals surface area contributed by atoms with E-state index < -0.39 is 5.54 Å². The normalized spacial score (nSPS) is 33.5. The molecule has 0 radical (unpaired) electrons. The van der Waals surface area contributed by atoms with Crippen LogP contribution in [0.5, 0.6) is 0 Å². The molecule has 1 aliphatic heterocycles. The minimum absolute atomic E-state index is 0.00614. The van der Waals surface area contributed by atoms with E-state index in [9.17, 15) is 14.9 Å². The van der Waals surface area contributed by atoms with Crippen molar-refractivity contribution in [2.75, 3.05) is 0 Å². The molecule has 0 aromatic rings. The highest BCUT2D eigenvalue weighted by Crippen LogP contribution is 2.43. The van der Waals surface area contributed by atoms with Gasteiger partial charge in [0.2, 0.25) is 11.8 Å². The van der Waals surface area contributed by atoms with Crippen LogP contribution < -0.4 is 0 Å². The van der Waals surface area contributed by atoms with Crippen molar-refractivity contribution in [3.8, 4) is 6.07 Å². The van der Waals surface area contributed by atoms with Gasteiger partial charge in [0.1, 0.15) is 5.54 Å². The Hall–Kier alpha value is -1.37. The van der Waals surface area contributed by atoms with Crippen molar-refractivity contribution < 1.29 is 9.59 Å². The van der Waals surface area contributed by atoms with Gasteiger partial charge in [-0.1, -0.05) is 32.1 Å². The average molecular weight is 274 g/mol. The highest BCUT2D eigenvalue weighted by Gasteiger charge is 2.53. The molecule has 2 bridgehead atoms. The lowest BCUT2D eigenvalue weighted by Gasteiger charge is -2.42. The first-order valence-electron chi connectivity index (χ1n) is 7.97. The number of nitrogens with zero attached hydrogens (tertiary/aromatic N) is 2. The van der Waals surface area contributed by atoms with E-state index in [0.29, 0.717) is 12.8 Å². The molecule has 4 nitrogen and oxygen atoms in total. The number of hydrogen-bond acceptors (Lipinski definition) is 3. The summed E-state index contributed by atoms with van der Waals surface area (Å²) in [7, 11) is 0. The fraction of sp³-hybridized carbons (Fsp3) is 0.812. The minimum Gasteiger partial charge on any atom is -0.274 e. The van der Waals surface area contributed by atoms with E-state index in [-0.39, 0.29) is 23.7 Å². The predicted molar refractivity (Wildman–Crippen MR) is 73.3 cm³/mol. The third-order valence-corrected chi connectivity index (χ3v) is 5.39. The van der Waals surface area contributed by atoms with Crippen molar-refractivity contribution in [2.45, 2.75) is 69.7 Å². The maximum absolute atomic E-state index is 12.6. The molecule has 4 heteroatoms. The van der Waals surface area contributed by atoms with Crippen molar-refractivity contribution >= 4 is 11.8 Å². The lowest BCUT2D eigenvalue weighted by atomic mass is 9.81. The summed E-state index contributed by atoms with van der Waals surface area (Å²) in [5.74, 6) is -0.140. The van der Waals surface area contributed by atoms with Gasteiger partial charge in [0.05, 0.1) is 6.07 Å². The summed E-state index contributed by atoms with van der Waals surface area (Å²) in [6, 6.07) is 2.37. The molecule has 2 saturated carbocycles. The molecule has 0 aromatic carbocycles. The first-order chi connectivity index (χ1) is 9.68. The van der Waals surface area contributed by atoms with Crippen molar-refractivity contribution in [1.29, 1.82) is 5.26 Å². The van der Waals surface area contributed by atoms with E-state index >= 15 is 0 Å². The predicted octanol–water partition coefficient (Wildman–Crippen LogP) is 2.78. The zero-order chi connectivity index (χ0) is 14.2. The Morgan fingerprint density at radius 2 is 1.45 bits per heavy atom. The maximum atomic E-state index is 12.6. The first-order valence-corrected chi connectivity index (χ1v) is 7.97. The van der Waals surface area contributed by atoms with Crippen molar-refractivity contribution in [2.24, 2.45) is 11.8 Å². The summed E-state index contributed by atoms with van der Waals surface area (Å²) in [4.78, 5) is 26.6. The van der Waals surface area contributed by atoms with E-state index in [1.807, 2.05) is 0 Å². The third kappa shape index (κ3) is 2.04. The topological polar surface area (TPSA) is 61.2 Å². The fourth-order valence-corrected chi connectivity index (χ4v) is 4.20. The van der Waals surface area contributed by atoms with E-state index in [2.05, 4.69) is 6.07 Å². The standard InChI is InChI=1S/C16H22N2O2/c17-11-16(8-4-2-1-3-5-9-16)18-14(19)12-6-7-13(10-12)15(18)20/h12-13H,1-10H2. The van der Waals surface area contributed by atoms with E-state index in [4.69, 9.17) is 0 Å². The summed E-state index contributed by atoms with van der Waals surface area (Å²) in [5, 5.41) is 9.74. The summed E-state index contributed by atoms with van der Waals surface area (Å²) in [6.07, 6.45) is 9.00. The molecule has 3 aliphatic rings. The van der Waals surface area contributed by atoms with Gasteiger partial charge >= 0.3 is 0 Å². The molecule has 108 valence electrons. The second-order valence-corrected chi connectivity index (χ2v) is 6.63. The molecule has 0 N–H and O–H groups in total. The Morgan fingerprint density at radius 3 is 1.95 bits per heavy atom. The van der Waals surface area contributed by atoms with Crippen molar-refractivity contribution in [1.82, 2.24) is 4.90 Å². The first kappa shape index (κ1) is 13.6.